The highest BCUT2D eigenvalue weighted by atomic mass is 32.2. The van der Waals surface area contributed by atoms with Gasteiger partial charge in [-0.1, -0.05) is 12.1 Å². The third-order valence-corrected chi connectivity index (χ3v) is 7.56. The maximum absolute atomic E-state index is 14.5. The molecule has 3 aromatic heterocycles. The van der Waals surface area contributed by atoms with Crippen LogP contribution in [0.3, 0.4) is 0 Å². The van der Waals surface area contributed by atoms with Gasteiger partial charge in [-0.25, -0.2) is 4.68 Å². The molecule has 7 nitrogen and oxygen atoms in total. The zero-order valence-electron chi connectivity index (χ0n) is 20.7. The van der Waals surface area contributed by atoms with Gasteiger partial charge >= 0.3 is 6.18 Å². The summed E-state index contributed by atoms with van der Waals surface area (Å²) in [5, 5.41) is 10.1. The molecule has 38 heavy (non-hydrogen) atoms. The van der Waals surface area contributed by atoms with E-state index in [1.165, 1.54) is 23.9 Å². The molecule has 0 saturated heterocycles. The topological polar surface area (TPSA) is 84.7 Å². The third kappa shape index (κ3) is 4.98. The highest BCUT2D eigenvalue weighted by molar-refractivity contribution is 7.99. The minimum atomic E-state index is -4.68. The van der Waals surface area contributed by atoms with E-state index in [2.05, 4.69) is 20.6 Å². The largest absolute Gasteiger partial charge is 0.416 e. The van der Waals surface area contributed by atoms with Crippen molar-refractivity contribution in [1.29, 1.82) is 0 Å². The second-order valence-electron chi connectivity index (χ2n) is 8.71. The van der Waals surface area contributed by atoms with Crippen LogP contribution in [0.25, 0.3) is 11.4 Å². The van der Waals surface area contributed by atoms with Crippen molar-refractivity contribution in [2.24, 2.45) is 0 Å². The van der Waals surface area contributed by atoms with Crippen LogP contribution in [0.2, 0.25) is 0 Å². The van der Waals surface area contributed by atoms with Crippen molar-refractivity contribution in [1.82, 2.24) is 19.7 Å². The van der Waals surface area contributed by atoms with Gasteiger partial charge in [0.15, 0.2) is 0 Å². The summed E-state index contributed by atoms with van der Waals surface area (Å²) in [5.74, 6) is 0.636. The minimum absolute atomic E-state index is 0.0781. The fourth-order valence-electron chi connectivity index (χ4n) is 4.49. The van der Waals surface area contributed by atoms with E-state index in [0.717, 1.165) is 6.07 Å². The van der Waals surface area contributed by atoms with Crippen LogP contribution in [0.5, 0.6) is 0 Å². The number of aromatic nitrogens is 4. The van der Waals surface area contributed by atoms with E-state index in [9.17, 15) is 18.0 Å². The quantitative estimate of drug-likeness (QED) is 0.315. The van der Waals surface area contributed by atoms with Crippen molar-refractivity contribution >= 4 is 29.2 Å². The number of rotatable bonds is 5. The number of nitrogens with zero attached hydrogens (tertiary/aromatic N) is 4. The maximum Gasteiger partial charge on any atom is 0.416 e. The van der Waals surface area contributed by atoms with Gasteiger partial charge in [-0.2, -0.15) is 18.3 Å². The van der Waals surface area contributed by atoms with Gasteiger partial charge in [0.2, 0.25) is 0 Å². The lowest BCUT2D eigenvalue weighted by atomic mass is 9.95. The SMILES string of the molecule is CCn1nc(-c2ccccn2)c2c1NCCSC2c1ccc(C(=O)Nc2cccnc2C)cc1C(F)(F)F. The Bertz CT molecular complexity index is 1470. The van der Waals surface area contributed by atoms with Crippen molar-refractivity contribution in [3.8, 4) is 11.4 Å². The molecular formula is C27H25F3N6OS. The normalized spacial score (nSPS) is 15.3. The average Bonchev–Trinajstić information content (AvgIpc) is 3.14. The molecule has 4 aromatic rings. The zero-order valence-corrected chi connectivity index (χ0v) is 21.5. The van der Waals surface area contributed by atoms with Crippen molar-refractivity contribution < 1.29 is 18.0 Å². The molecule has 1 aliphatic heterocycles. The first-order valence-corrected chi connectivity index (χ1v) is 13.1. The lowest BCUT2D eigenvalue weighted by Gasteiger charge is -2.22. The van der Waals surface area contributed by atoms with Gasteiger partial charge in [0.1, 0.15) is 11.5 Å². The van der Waals surface area contributed by atoms with Crippen LogP contribution in [-0.2, 0) is 12.7 Å². The van der Waals surface area contributed by atoms with Gasteiger partial charge in [-0.15, -0.1) is 11.8 Å². The summed E-state index contributed by atoms with van der Waals surface area (Å²) in [6, 6.07) is 12.5. The van der Waals surface area contributed by atoms with Crippen LogP contribution in [0.15, 0.2) is 60.9 Å². The Balaban J connectivity index is 1.62. The van der Waals surface area contributed by atoms with Gasteiger partial charge in [-0.3, -0.25) is 14.8 Å². The van der Waals surface area contributed by atoms with Crippen molar-refractivity contribution in [2.45, 2.75) is 31.8 Å². The van der Waals surface area contributed by atoms with Gasteiger partial charge < -0.3 is 10.6 Å². The number of fused-ring (bicyclic) bond motifs is 1. The standard InChI is InChI=1S/C27H25F3N6OS/c1-3-36-25-22(23(35-36)21-7-4-5-11-32-21)24(38-14-13-33-25)18-10-9-17(15-19(18)27(28,29)30)26(37)34-20-8-6-12-31-16(20)2/h4-12,15,24,33H,3,13-14H2,1-2H3,(H,34,37). The molecule has 4 heterocycles. The number of hydrogen-bond donors (Lipinski definition) is 2. The van der Waals surface area contributed by atoms with Gasteiger partial charge in [0.25, 0.3) is 5.91 Å². The number of halogens is 3. The summed E-state index contributed by atoms with van der Waals surface area (Å²) < 4.78 is 45.3. The molecule has 5 rings (SSSR count). The van der Waals surface area contributed by atoms with E-state index in [0.29, 0.717) is 53.0 Å². The lowest BCUT2D eigenvalue weighted by molar-refractivity contribution is -0.138. The Kier molecular flexibility index (Phi) is 7.11. The number of thioether (sulfide) groups is 1. The van der Waals surface area contributed by atoms with E-state index in [-0.39, 0.29) is 11.1 Å². The molecule has 1 atom stereocenters. The predicted molar refractivity (Wildman–Crippen MR) is 142 cm³/mol. The minimum Gasteiger partial charge on any atom is -0.369 e. The van der Waals surface area contributed by atoms with Gasteiger partial charge in [-0.05, 0) is 55.8 Å². The van der Waals surface area contributed by atoms with Crippen molar-refractivity contribution in [3.63, 3.8) is 0 Å². The smallest absolute Gasteiger partial charge is 0.369 e. The highest BCUT2D eigenvalue weighted by Crippen LogP contribution is 2.49. The number of amides is 1. The number of carbonyl (C=O) groups excluding carboxylic acids is 1. The maximum atomic E-state index is 14.5. The fourth-order valence-corrected chi connectivity index (χ4v) is 5.72. The summed E-state index contributed by atoms with van der Waals surface area (Å²) in [5.41, 5.74) is 1.93. The third-order valence-electron chi connectivity index (χ3n) is 6.30. The molecule has 0 fully saturated rings. The van der Waals surface area contributed by atoms with Crippen LogP contribution in [0.4, 0.5) is 24.7 Å². The van der Waals surface area contributed by atoms with Crippen molar-refractivity contribution in [2.75, 3.05) is 22.9 Å². The zero-order chi connectivity index (χ0) is 26.9. The van der Waals surface area contributed by atoms with Gasteiger partial charge in [0.05, 0.1) is 27.9 Å². The molecule has 11 heteroatoms. The number of carbonyl (C=O) groups is 1. The molecule has 2 N–H and O–H groups in total. The van der Waals surface area contributed by atoms with Crippen LogP contribution >= 0.6 is 11.8 Å². The van der Waals surface area contributed by atoms with E-state index in [1.54, 1.807) is 48.3 Å². The van der Waals surface area contributed by atoms with E-state index in [4.69, 9.17) is 5.10 Å². The first-order chi connectivity index (χ1) is 18.3. The molecule has 1 unspecified atom stereocenters. The van der Waals surface area contributed by atoms with E-state index in [1.807, 2.05) is 13.0 Å². The molecule has 1 aromatic carbocycles. The van der Waals surface area contributed by atoms with Crippen LogP contribution in [0, 0.1) is 6.92 Å². The molecule has 196 valence electrons. The monoisotopic (exact) mass is 538 g/mol. The number of aryl methyl sites for hydroxylation is 2. The number of anilines is 2. The number of pyridine rings is 2. The Morgan fingerprint density at radius 3 is 2.68 bits per heavy atom. The molecule has 0 saturated carbocycles. The second-order valence-corrected chi connectivity index (χ2v) is 9.92. The summed E-state index contributed by atoms with van der Waals surface area (Å²) in [6.45, 7) is 4.76. The highest BCUT2D eigenvalue weighted by Gasteiger charge is 2.39. The molecular weight excluding hydrogens is 513 g/mol. The number of nitrogens with one attached hydrogen (secondary N) is 2. The predicted octanol–water partition coefficient (Wildman–Crippen LogP) is 6.19. The summed E-state index contributed by atoms with van der Waals surface area (Å²) >= 11 is 1.41. The first-order valence-electron chi connectivity index (χ1n) is 12.1. The number of alkyl halides is 3. The number of hydrogen-bond acceptors (Lipinski definition) is 6. The molecule has 0 radical (unpaired) electrons. The Hall–Kier alpha value is -3.86. The fraction of sp³-hybridized carbons (Fsp3) is 0.259. The Labute approximate surface area is 221 Å². The van der Waals surface area contributed by atoms with Crippen LogP contribution in [0.1, 0.15) is 44.9 Å². The summed E-state index contributed by atoms with van der Waals surface area (Å²) in [6.07, 6.45) is -1.46. The lowest BCUT2D eigenvalue weighted by Crippen LogP contribution is -2.17. The second kappa shape index (κ2) is 10.5. The average molecular weight is 539 g/mol. The number of benzene rings is 1. The molecule has 1 aliphatic rings. The van der Waals surface area contributed by atoms with Crippen molar-refractivity contribution in [3.05, 3.63) is 88.9 Å². The summed E-state index contributed by atoms with van der Waals surface area (Å²) in [4.78, 5) is 21.5. The molecule has 1 amide bonds. The summed E-state index contributed by atoms with van der Waals surface area (Å²) in [7, 11) is 0. The van der Waals surface area contributed by atoms with Gasteiger partial charge in [0, 0.05) is 42.4 Å². The molecule has 0 aliphatic carbocycles. The first kappa shape index (κ1) is 25.8. The van der Waals surface area contributed by atoms with E-state index >= 15 is 0 Å². The Morgan fingerprint density at radius 2 is 1.97 bits per heavy atom. The van der Waals surface area contributed by atoms with E-state index < -0.39 is 22.9 Å². The van der Waals surface area contributed by atoms with Crippen LogP contribution < -0.4 is 10.6 Å². The molecule has 0 spiro atoms. The van der Waals surface area contributed by atoms with Crippen LogP contribution in [-0.4, -0.2) is 38.0 Å². The Morgan fingerprint density at radius 1 is 1.16 bits per heavy atom. The molecule has 0 bridgehead atoms.